The molecule has 2 radical (unpaired) electrons. The zero-order valence-electron chi connectivity index (χ0n) is 10.6. The highest BCUT2D eigenvalue weighted by Crippen LogP contribution is 2.11. The minimum atomic E-state index is 1.11. The molecule has 0 heterocycles. The minimum absolute atomic E-state index is 1.11. The molecule has 15 heavy (non-hydrogen) atoms. The summed E-state index contributed by atoms with van der Waals surface area (Å²) in [7, 11) is 0. The second-order valence-corrected chi connectivity index (χ2v) is 4.32. The van der Waals surface area contributed by atoms with E-state index < -0.39 is 0 Å². The van der Waals surface area contributed by atoms with E-state index in [0.29, 0.717) is 0 Å². The van der Waals surface area contributed by atoms with Crippen molar-refractivity contribution < 1.29 is 0 Å². The van der Waals surface area contributed by atoms with E-state index in [1.54, 1.807) is 0 Å². The summed E-state index contributed by atoms with van der Waals surface area (Å²) in [6.45, 7) is 5.84. The average Bonchev–Trinajstić information content (AvgIpc) is 2.26. The largest absolute Gasteiger partial charge is 0.0813 e. The van der Waals surface area contributed by atoms with Crippen LogP contribution in [0.4, 0.5) is 0 Å². The monoisotopic (exact) mass is 208 g/mol. The molecule has 0 nitrogen and oxygen atoms in total. The molecule has 0 saturated carbocycles. The zero-order chi connectivity index (χ0) is 11.2. The van der Waals surface area contributed by atoms with E-state index in [-0.39, 0.29) is 0 Å². The van der Waals surface area contributed by atoms with Crippen molar-refractivity contribution in [3.8, 4) is 0 Å². The van der Waals surface area contributed by atoms with Crippen LogP contribution in [0, 0.1) is 13.0 Å². The van der Waals surface area contributed by atoms with Gasteiger partial charge in [0, 0.05) is 0 Å². The lowest BCUT2D eigenvalue weighted by atomic mass is 10.1. The van der Waals surface area contributed by atoms with E-state index >= 15 is 0 Å². The van der Waals surface area contributed by atoms with Gasteiger partial charge in [-0.1, -0.05) is 76.9 Å². The van der Waals surface area contributed by atoms with Crippen molar-refractivity contribution in [3.05, 3.63) is 19.1 Å². The molecule has 0 spiro atoms. The van der Waals surface area contributed by atoms with Gasteiger partial charge in [-0.15, -0.1) is 0 Å². The highest BCUT2D eigenvalue weighted by atomic mass is 14.0. The Kier molecular flexibility index (Phi) is 13.5. The van der Waals surface area contributed by atoms with Crippen molar-refractivity contribution in [1.29, 1.82) is 0 Å². The van der Waals surface area contributed by atoms with Crippen LogP contribution in [0.5, 0.6) is 0 Å². The van der Waals surface area contributed by atoms with Crippen LogP contribution < -0.4 is 0 Å². The van der Waals surface area contributed by atoms with Gasteiger partial charge in [-0.2, -0.15) is 0 Å². The Morgan fingerprint density at radius 1 is 0.800 bits per heavy atom. The minimum Gasteiger partial charge on any atom is -0.0813 e. The molecule has 0 aromatic rings. The molecule has 0 N–H and O–H groups in total. The SMILES string of the molecule is [CH2]CCCCCCCCCCC/C=[C]/C. The Morgan fingerprint density at radius 3 is 1.73 bits per heavy atom. The van der Waals surface area contributed by atoms with Gasteiger partial charge in [-0.05, 0) is 19.8 Å². The third-order valence-corrected chi connectivity index (χ3v) is 2.80. The van der Waals surface area contributed by atoms with Gasteiger partial charge in [0.1, 0.15) is 0 Å². The predicted molar refractivity (Wildman–Crippen MR) is 69.6 cm³/mol. The molecule has 0 aromatic carbocycles. The van der Waals surface area contributed by atoms with Gasteiger partial charge in [0.15, 0.2) is 0 Å². The van der Waals surface area contributed by atoms with Gasteiger partial charge >= 0.3 is 0 Å². The summed E-state index contributed by atoms with van der Waals surface area (Å²) in [5.74, 6) is 0. The summed E-state index contributed by atoms with van der Waals surface area (Å²) in [5, 5.41) is 0. The molecule has 0 fully saturated rings. The maximum atomic E-state index is 3.86. The van der Waals surface area contributed by atoms with E-state index in [0.717, 1.165) is 6.42 Å². The van der Waals surface area contributed by atoms with Gasteiger partial charge in [0.25, 0.3) is 0 Å². The van der Waals surface area contributed by atoms with E-state index in [4.69, 9.17) is 0 Å². The van der Waals surface area contributed by atoms with Crippen molar-refractivity contribution >= 4 is 0 Å². The summed E-state index contributed by atoms with van der Waals surface area (Å²) in [6, 6.07) is 0. The van der Waals surface area contributed by atoms with Gasteiger partial charge in [-0.3, -0.25) is 0 Å². The van der Waals surface area contributed by atoms with E-state index in [1.165, 1.54) is 64.2 Å². The van der Waals surface area contributed by atoms with Gasteiger partial charge in [0.2, 0.25) is 0 Å². The van der Waals surface area contributed by atoms with Crippen molar-refractivity contribution in [2.75, 3.05) is 0 Å². The molecule has 0 aliphatic carbocycles. The fourth-order valence-corrected chi connectivity index (χ4v) is 1.80. The Balaban J connectivity index is 2.86. The van der Waals surface area contributed by atoms with Gasteiger partial charge < -0.3 is 0 Å². The molecule has 0 atom stereocenters. The van der Waals surface area contributed by atoms with Crippen LogP contribution in [0.15, 0.2) is 6.08 Å². The molecule has 0 heteroatoms. The molecule has 88 valence electrons. The summed E-state index contributed by atoms with van der Waals surface area (Å²) < 4.78 is 0. The lowest BCUT2D eigenvalue weighted by Gasteiger charge is -2.01. The summed E-state index contributed by atoms with van der Waals surface area (Å²) in [5.41, 5.74) is 0. The molecule has 0 amide bonds. The third kappa shape index (κ3) is 13.7. The van der Waals surface area contributed by atoms with Gasteiger partial charge in [-0.25, -0.2) is 0 Å². The second kappa shape index (κ2) is 13.7. The van der Waals surface area contributed by atoms with Crippen molar-refractivity contribution in [2.24, 2.45) is 0 Å². The Hall–Kier alpha value is -0.260. The molecule has 0 unspecified atom stereocenters. The maximum absolute atomic E-state index is 3.86. The fraction of sp³-hybridized carbons (Fsp3) is 0.800. The molecular formula is C15H28. The number of allylic oxidation sites excluding steroid dienone is 2. The van der Waals surface area contributed by atoms with Crippen LogP contribution in [-0.4, -0.2) is 0 Å². The highest BCUT2D eigenvalue weighted by molar-refractivity contribution is 4.69. The zero-order valence-corrected chi connectivity index (χ0v) is 10.6. The molecule has 0 bridgehead atoms. The number of rotatable bonds is 11. The van der Waals surface area contributed by atoms with Crippen molar-refractivity contribution in [2.45, 2.75) is 77.6 Å². The molecule has 0 aromatic heterocycles. The topological polar surface area (TPSA) is 0 Å². The first kappa shape index (κ1) is 14.7. The van der Waals surface area contributed by atoms with Gasteiger partial charge in [0.05, 0.1) is 0 Å². The molecule has 0 saturated heterocycles. The molecule has 0 aliphatic heterocycles. The summed E-state index contributed by atoms with van der Waals surface area (Å²) >= 11 is 0. The van der Waals surface area contributed by atoms with Crippen LogP contribution in [0.3, 0.4) is 0 Å². The van der Waals surface area contributed by atoms with E-state index in [1.807, 2.05) is 6.92 Å². The fourth-order valence-electron chi connectivity index (χ4n) is 1.80. The van der Waals surface area contributed by atoms with Crippen molar-refractivity contribution in [1.82, 2.24) is 0 Å². The number of hydrogen-bond donors (Lipinski definition) is 0. The number of hydrogen-bond acceptors (Lipinski definition) is 0. The lowest BCUT2D eigenvalue weighted by Crippen LogP contribution is -1.81. The first-order valence-corrected chi connectivity index (χ1v) is 6.70. The van der Waals surface area contributed by atoms with Crippen LogP contribution in [0.25, 0.3) is 0 Å². The van der Waals surface area contributed by atoms with E-state index in [9.17, 15) is 0 Å². The quantitative estimate of drug-likeness (QED) is 0.394. The Labute approximate surface area is 97.2 Å². The van der Waals surface area contributed by atoms with Crippen molar-refractivity contribution in [3.63, 3.8) is 0 Å². The van der Waals surface area contributed by atoms with Crippen LogP contribution >= 0.6 is 0 Å². The Morgan fingerprint density at radius 2 is 1.27 bits per heavy atom. The first-order chi connectivity index (χ1) is 7.41. The molecular weight excluding hydrogens is 180 g/mol. The highest BCUT2D eigenvalue weighted by Gasteiger charge is 1.91. The normalized spacial score (nSPS) is 11.3. The molecule has 0 rings (SSSR count). The summed E-state index contributed by atoms with van der Waals surface area (Å²) in [6.07, 6.45) is 20.2. The predicted octanol–water partition coefficient (Wildman–Crippen LogP) is 5.49. The smallest absolute Gasteiger partial charge is 0.0345 e. The second-order valence-electron chi connectivity index (χ2n) is 4.32. The Bertz CT molecular complexity index is 124. The third-order valence-electron chi connectivity index (χ3n) is 2.80. The summed E-state index contributed by atoms with van der Waals surface area (Å²) in [4.78, 5) is 0. The average molecular weight is 208 g/mol. The van der Waals surface area contributed by atoms with Crippen LogP contribution in [0.2, 0.25) is 0 Å². The van der Waals surface area contributed by atoms with E-state index in [2.05, 4.69) is 19.1 Å². The first-order valence-electron chi connectivity index (χ1n) is 6.70. The molecule has 0 aliphatic rings. The van der Waals surface area contributed by atoms with Crippen LogP contribution in [-0.2, 0) is 0 Å². The number of unbranched alkanes of at least 4 members (excludes halogenated alkanes) is 10. The maximum Gasteiger partial charge on any atom is -0.0345 e. The van der Waals surface area contributed by atoms with Crippen LogP contribution in [0.1, 0.15) is 77.6 Å². The lowest BCUT2D eigenvalue weighted by molar-refractivity contribution is 0.561. The standard InChI is InChI=1S/C15H28/c1-3-5-7-9-11-13-15-14-12-10-8-6-4-2/h6H,1,3,5,7-15H2,2H3.